The van der Waals surface area contributed by atoms with Crippen LogP contribution >= 0.6 is 0 Å². The molecule has 0 bridgehead atoms. The Hall–Kier alpha value is -0.130. The highest BCUT2D eigenvalue weighted by molar-refractivity contribution is 7.80. The lowest BCUT2D eigenvalue weighted by atomic mass is 9.97. The molecule has 0 aliphatic rings. The molecular weight excluding hydrogens is 252 g/mol. The summed E-state index contributed by atoms with van der Waals surface area (Å²) in [6.45, 7) is 4.63. The van der Waals surface area contributed by atoms with Crippen LogP contribution < -0.4 is 0 Å². The van der Waals surface area contributed by atoms with Gasteiger partial charge < -0.3 is 0 Å². The van der Waals surface area contributed by atoms with Crippen molar-refractivity contribution in [3.05, 3.63) is 0 Å². The van der Waals surface area contributed by atoms with E-state index >= 15 is 0 Å². The van der Waals surface area contributed by atoms with Crippen molar-refractivity contribution >= 4 is 10.4 Å². The van der Waals surface area contributed by atoms with Gasteiger partial charge in [-0.05, 0) is 12.3 Å². The Labute approximate surface area is 112 Å². The van der Waals surface area contributed by atoms with Gasteiger partial charge in [0.2, 0.25) is 0 Å². The summed E-state index contributed by atoms with van der Waals surface area (Å²) >= 11 is 0. The third-order valence-corrected chi connectivity index (χ3v) is 3.59. The minimum absolute atomic E-state index is 0.0890. The van der Waals surface area contributed by atoms with Gasteiger partial charge in [-0.2, -0.15) is 8.42 Å². The van der Waals surface area contributed by atoms with Crippen LogP contribution in [0.2, 0.25) is 0 Å². The van der Waals surface area contributed by atoms with Crippen molar-refractivity contribution in [2.45, 2.75) is 71.6 Å². The second kappa shape index (κ2) is 10.8. The zero-order valence-electron chi connectivity index (χ0n) is 11.7. The highest BCUT2D eigenvalue weighted by atomic mass is 32.3. The van der Waals surface area contributed by atoms with Gasteiger partial charge >= 0.3 is 10.4 Å². The molecule has 0 aromatic carbocycles. The summed E-state index contributed by atoms with van der Waals surface area (Å²) in [5.41, 5.74) is 0. The van der Waals surface area contributed by atoms with Crippen molar-refractivity contribution < 1.29 is 17.2 Å². The smallest absolute Gasteiger partial charge is 0.264 e. The average Bonchev–Trinajstić information content (AvgIpc) is 2.28. The quantitative estimate of drug-likeness (QED) is 0.434. The van der Waals surface area contributed by atoms with Crippen LogP contribution in [0.25, 0.3) is 0 Å². The lowest BCUT2D eigenvalue weighted by molar-refractivity contribution is 0.261. The van der Waals surface area contributed by atoms with Gasteiger partial charge in [-0.25, -0.2) is 4.18 Å². The molecule has 1 N–H and O–H groups in total. The molecule has 0 aromatic heterocycles. The first-order chi connectivity index (χ1) is 8.45. The Morgan fingerprint density at radius 1 is 1.00 bits per heavy atom. The van der Waals surface area contributed by atoms with E-state index in [1.54, 1.807) is 0 Å². The average molecular weight is 280 g/mol. The maximum atomic E-state index is 10.3. The van der Waals surface area contributed by atoms with Crippen LogP contribution in [-0.4, -0.2) is 19.6 Å². The van der Waals surface area contributed by atoms with E-state index < -0.39 is 10.4 Å². The van der Waals surface area contributed by atoms with E-state index in [2.05, 4.69) is 18.0 Å². The van der Waals surface area contributed by atoms with Gasteiger partial charge in [0.25, 0.3) is 0 Å². The molecule has 0 aliphatic carbocycles. The summed E-state index contributed by atoms with van der Waals surface area (Å²) in [5.74, 6) is 0.827. The molecule has 1 unspecified atom stereocenters. The highest BCUT2D eigenvalue weighted by Gasteiger charge is 2.03. The topological polar surface area (TPSA) is 63.6 Å². The molecule has 0 spiro atoms. The van der Waals surface area contributed by atoms with Gasteiger partial charge in [-0.1, -0.05) is 65.2 Å². The lowest BCUT2D eigenvalue weighted by Gasteiger charge is -2.09. The van der Waals surface area contributed by atoms with Crippen molar-refractivity contribution in [2.75, 3.05) is 6.61 Å². The summed E-state index contributed by atoms with van der Waals surface area (Å²) in [6, 6.07) is 0. The molecule has 0 radical (unpaired) electrons. The summed E-state index contributed by atoms with van der Waals surface area (Å²) in [4.78, 5) is 0. The molecule has 0 fully saturated rings. The SMILES string of the molecule is CCCCC(C)CCCCCCCOS(=O)(=O)O. The minimum Gasteiger partial charge on any atom is -0.264 e. The van der Waals surface area contributed by atoms with Gasteiger partial charge in [0.1, 0.15) is 0 Å². The normalized spacial score (nSPS) is 13.7. The van der Waals surface area contributed by atoms with Crippen LogP contribution in [-0.2, 0) is 14.6 Å². The molecule has 18 heavy (non-hydrogen) atoms. The van der Waals surface area contributed by atoms with E-state index in [0.29, 0.717) is 6.42 Å². The van der Waals surface area contributed by atoms with E-state index in [4.69, 9.17) is 4.55 Å². The third kappa shape index (κ3) is 13.9. The van der Waals surface area contributed by atoms with Crippen molar-refractivity contribution in [3.63, 3.8) is 0 Å². The summed E-state index contributed by atoms with van der Waals surface area (Å²) in [7, 11) is -4.24. The van der Waals surface area contributed by atoms with E-state index in [-0.39, 0.29) is 6.61 Å². The zero-order valence-corrected chi connectivity index (χ0v) is 12.5. The summed E-state index contributed by atoms with van der Waals surface area (Å²) in [6.07, 6.45) is 10.4. The second-order valence-corrected chi connectivity index (χ2v) is 6.14. The van der Waals surface area contributed by atoms with Gasteiger partial charge in [0, 0.05) is 0 Å². The predicted octanol–water partition coefficient (Wildman–Crippen LogP) is 3.97. The molecule has 0 aromatic rings. The first-order valence-electron chi connectivity index (χ1n) is 7.07. The number of hydrogen-bond acceptors (Lipinski definition) is 3. The molecule has 0 saturated heterocycles. The predicted molar refractivity (Wildman–Crippen MR) is 73.9 cm³/mol. The maximum absolute atomic E-state index is 10.3. The second-order valence-electron chi connectivity index (χ2n) is 5.05. The molecule has 0 rings (SSSR count). The van der Waals surface area contributed by atoms with E-state index in [1.165, 1.54) is 38.5 Å². The number of rotatable bonds is 12. The number of hydrogen-bond donors (Lipinski definition) is 1. The van der Waals surface area contributed by atoms with E-state index in [0.717, 1.165) is 18.8 Å². The van der Waals surface area contributed by atoms with Gasteiger partial charge in [-0.3, -0.25) is 4.55 Å². The molecule has 110 valence electrons. The molecule has 4 nitrogen and oxygen atoms in total. The van der Waals surface area contributed by atoms with Crippen LogP contribution in [0.1, 0.15) is 71.6 Å². The fourth-order valence-corrected chi connectivity index (χ4v) is 2.31. The van der Waals surface area contributed by atoms with Crippen LogP contribution in [0.4, 0.5) is 0 Å². The first kappa shape index (κ1) is 17.9. The summed E-state index contributed by atoms with van der Waals surface area (Å²) < 4.78 is 33.1. The lowest BCUT2D eigenvalue weighted by Crippen LogP contribution is -2.04. The van der Waals surface area contributed by atoms with E-state index in [1.807, 2.05) is 0 Å². The zero-order chi connectivity index (χ0) is 13.9. The van der Waals surface area contributed by atoms with Crippen molar-refractivity contribution in [3.8, 4) is 0 Å². The molecule has 0 heterocycles. The van der Waals surface area contributed by atoms with Gasteiger partial charge in [0.15, 0.2) is 0 Å². The van der Waals surface area contributed by atoms with Crippen LogP contribution in [0.5, 0.6) is 0 Å². The first-order valence-corrected chi connectivity index (χ1v) is 8.44. The Balaban J connectivity index is 3.21. The molecular formula is C13H28O4S. The maximum Gasteiger partial charge on any atom is 0.397 e. The summed E-state index contributed by atoms with van der Waals surface area (Å²) in [5, 5.41) is 0. The molecule has 1 atom stereocenters. The van der Waals surface area contributed by atoms with Gasteiger partial charge in [-0.15, -0.1) is 0 Å². The molecule has 0 amide bonds. The Bertz CT molecular complexity index is 275. The molecule has 0 aliphatic heterocycles. The van der Waals surface area contributed by atoms with Crippen molar-refractivity contribution in [1.29, 1.82) is 0 Å². The standard InChI is InChI=1S/C13H28O4S/c1-3-4-10-13(2)11-8-6-5-7-9-12-17-18(14,15)16/h13H,3-12H2,1-2H3,(H,14,15,16). The number of unbranched alkanes of at least 4 members (excludes halogenated alkanes) is 5. The Kier molecular flexibility index (Phi) is 10.7. The van der Waals surface area contributed by atoms with Gasteiger partial charge in [0.05, 0.1) is 6.61 Å². The van der Waals surface area contributed by atoms with E-state index in [9.17, 15) is 8.42 Å². The fraction of sp³-hybridized carbons (Fsp3) is 1.00. The molecule has 5 heteroatoms. The third-order valence-electron chi connectivity index (χ3n) is 3.12. The largest absolute Gasteiger partial charge is 0.397 e. The monoisotopic (exact) mass is 280 g/mol. The van der Waals surface area contributed by atoms with Crippen LogP contribution in [0.3, 0.4) is 0 Å². The highest BCUT2D eigenvalue weighted by Crippen LogP contribution is 2.16. The fourth-order valence-electron chi connectivity index (χ4n) is 1.99. The van der Waals surface area contributed by atoms with Crippen LogP contribution in [0, 0.1) is 5.92 Å². The minimum atomic E-state index is -4.24. The van der Waals surface area contributed by atoms with Crippen molar-refractivity contribution in [1.82, 2.24) is 0 Å². The Morgan fingerprint density at radius 2 is 1.56 bits per heavy atom. The van der Waals surface area contributed by atoms with Crippen molar-refractivity contribution in [2.24, 2.45) is 5.92 Å². The Morgan fingerprint density at radius 3 is 2.17 bits per heavy atom. The molecule has 0 saturated carbocycles. The van der Waals surface area contributed by atoms with Crippen LogP contribution in [0.15, 0.2) is 0 Å².